The quantitative estimate of drug-likeness (QED) is 0.370. The molecule has 7 heteroatoms. The van der Waals surface area contributed by atoms with Crippen molar-refractivity contribution in [3.8, 4) is 17.2 Å². The summed E-state index contributed by atoms with van der Waals surface area (Å²) in [6.45, 7) is 4.33. The van der Waals surface area contributed by atoms with Crippen LogP contribution in [0.25, 0.3) is 0 Å². The molecule has 0 bridgehead atoms. The summed E-state index contributed by atoms with van der Waals surface area (Å²) < 4.78 is 21.5. The van der Waals surface area contributed by atoms with Gasteiger partial charge in [-0.1, -0.05) is 18.2 Å². The minimum atomic E-state index is -0.361. The molecule has 0 saturated heterocycles. The van der Waals surface area contributed by atoms with Crippen molar-refractivity contribution < 1.29 is 23.7 Å². The molecule has 2 heterocycles. The maximum absolute atomic E-state index is 12.8. The number of esters is 1. The average molecular weight is 438 g/mol. The number of fused-ring (bicyclic) bond motifs is 1. The number of aliphatic imine (C=N–C) groups is 1. The topological polar surface area (TPSA) is 66.4 Å². The second-order valence-corrected chi connectivity index (χ2v) is 8.14. The van der Waals surface area contributed by atoms with Crippen LogP contribution in [0.2, 0.25) is 0 Å². The smallest absolute Gasteiger partial charge is 0.341 e. The molecule has 160 valence electrons. The molecular weight excluding hydrogens is 414 g/mol. The first-order chi connectivity index (χ1) is 15.1. The predicted molar refractivity (Wildman–Crippen MR) is 121 cm³/mol. The summed E-state index contributed by atoms with van der Waals surface area (Å²) >= 11 is 1.48. The number of carbonyl (C=O) groups excluding carboxylic acids is 1. The lowest BCUT2D eigenvalue weighted by Gasteiger charge is -2.08. The first-order valence-electron chi connectivity index (χ1n) is 9.95. The summed E-state index contributed by atoms with van der Waals surface area (Å²) in [5.74, 6) is 1.85. The molecule has 3 aromatic rings. The zero-order chi connectivity index (χ0) is 21.8. The van der Waals surface area contributed by atoms with Crippen molar-refractivity contribution in [2.24, 2.45) is 4.99 Å². The highest BCUT2D eigenvalue weighted by atomic mass is 32.1. The minimum absolute atomic E-state index is 0.230. The van der Waals surface area contributed by atoms with E-state index < -0.39 is 0 Å². The van der Waals surface area contributed by atoms with Gasteiger partial charge in [0.15, 0.2) is 11.5 Å². The Bertz CT molecular complexity index is 1130. The van der Waals surface area contributed by atoms with Gasteiger partial charge in [-0.3, -0.25) is 0 Å². The Hall–Kier alpha value is -3.32. The minimum Gasteiger partial charge on any atom is -0.497 e. The second kappa shape index (κ2) is 9.22. The van der Waals surface area contributed by atoms with Gasteiger partial charge < -0.3 is 18.9 Å². The number of hydrogen-bond donors (Lipinski definition) is 0. The van der Waals surface area contributed by atoms with Crippen LogP contribution < -0.4 is 14.2 Å². The Balaban J connectivity index is 1.69. The van der Waals surface area contributed by atoms with Gasteiger partial charge in [-0.2, -0.15) is 0 Å². The summed E-state index contributed by atoms with van der Waals surface area (Å²) in [6, 6.07) is 13.4. The summed E-state index contributed by atoms with van der Waals surface area (Å²) in [4.78, 5) is 18.5. The Labute approximate surface area is 185 Å². The Kier molecular flexibility index (Phi) is 6.23. The fourth-order valence-electron chi connectivity index (χ4n) is 3.39. The van der Waals surface area contributed by atoms with Crippen LogP contribution >= 0.6 is 11.3 Å². The molecule has 31 heavy (non-hydrogen) atoms. The van der Waals surface area contributed by atoms with Crippen molar-refractivity contribution in [1.29, 1.82) is 0 Å². The molecule has 0 radical (unpaired) electrons. The molecule has 6 nitrogen and oxygen atoms in total. The molecule has 1 aliphatic heterocycles. The van der Waals surface area contributed by atoms with Crippen molar-refractivity contribution in [1.82, 2.24) is 0 Å². The fourth-order valence-corrected chi connectivity index (χ4v) is 4.39. The summed E-state index contributed by atoms with van der Waals surface area (Å²) in [6.07, 6.45) is 2.31. The van der Waals surface area contributed by atoms with Crippen LogP contribution in [0, 0.1) is 6.92 Å². The molecule has 0 amide bonds. The molecule has 1 aliphatic rings. The van der Waals surface area contributed by atoms with Crippen LogP contribution in [0.5, 0.6) is 17.2 Å². The van der Waals surface area contributed by atoms with E-state index in [1.807, 2.05) is 49.4 Å². The van der Waals surface area contributed by atoms with Crippen molar-refractivity contribution in [3.63, 3.8) is 0 Å². The van der Waals surface area contributed by atoms with E-state index >= 15 is 0 Å². The van der Waals surface area contributed by atoms with Gasteiger partial charge in [0.25, 0.3) is 0 Å². The summed E-state index contributed by atoms with van der Waals surface area (Å²) in [7, 11) is 1.63. The maximum atomic E-state index is 12.8. The van der Waals surface area contributed by atoms with Gasteiger partial charge in [-0.05, 0) is 61.2 Å². The van der Waals surface area contributed by atoms with E-state index in [-0.39, 0.29) is 12.8 Å². The van der Waals surface area contributed by atoms with Crippen molar-refractivity contribution in [3.05, 3.63) is 69.6 Å². The summed E-state index contributed by atoms with van der Waals surface area (Å²) in [5.41, 5.74) is 3.35. The first kappa shape index (κ1) is 20.9. The van der Waals surface area contributed by atoms with E-state index in [2.05, 4.69) is 4.99 Å². The van der Waals surface area contributed by atoms with E-state index in [1.165, 1.54) is 11.3 Å². The number of aryl methyl sites for hydroxylation is 1. The second-order valence-electron chi connectivity index (χ2n) is 6.94. The van der Waals surface area contributed by atoms with Crippen LogP contribution in [-0.2, 0) is 11.2 Å². The number of ether oxygens (including phenoxy) is 4. The normalized spacial score (nSPS) is 12.4. The molecule has 0 unspecified atom stereocenters. The van der Waals surface area contributed by atoms with Crippen LogP contribution in [0.15, 0.2) is 47.5 Å². The lowest BCUT2D eigenvalue weighted by atomic mass is 10.0. The van der Waals surface area contributed by atoms with E-state index in [1.54, 1.807) is 20.2 Å². The molecule has 0 saturated carbocycles. The zero-order valence-corrected chi connectivity index (χ0v) is 18.5. The SMILES string of the molecule is CCOC(=O)c1c(N=Cc2cccc(OC)c2)sc(C)c1Cc1ccc2c(c1)OCO2. The van der Waals surface area contributed by atoms with Crippen molar-refractivity contribution in [2.75, 3.05) is 20.5 Å². The van der Waals surface area contributed by atoms with Gasteiger partial charge in [0.1, 0.15) is 16.3 Å². The van der Waals surface area contributed by atoms with E-state index in [0.717, 1.165) is 38.8 Å². The molecule has 0 aliphatic carbocycles. The molecule has 0 N–H and O–H groups in total. The van der Waals surface area contributed by atoms with Gasteiger partial charge in [0, 0.05) is 11.1 Å². The summed E-state index contributed by atoms with van der Waals surface area (Å²) in [5, 5.41) is 0.634. The predicted octanol–water partition coefficient (Wildman–Crippen LogP) is 5.31. The molecule has 0 atom stereocenters. The molecule has 1 aromatic heterocycles. The molecule has 2 aromatic carbocycles. The monoisotopic (exact) mass is 437 g/mol. The Morgan fingerprint density at radius 1 is 1.19 bits per heavy atom. The number of methoxy groups -OCH3 is 1. The standard InChI is InChI=1S/C24H23NO5S/c1-4-28-24(26)22-19(11-16-8-9-20-21(12-16)30-14-29-20)15(2)31-23(22)25-13-17-6-5-7-18(10-17)27-3/h5-10,12-13H,4,11,14H2,1-3H3. The van der Waals surface area contributed by atoms with Gasteiger partial charge in [0.05, 0.1) is 13.7 Å². The Morgan fingerprint density at radius 3 is 2.84 bits per heavy atom. The maximum Gasteiger partial charge on any atom is 0.341 e. The fraction of sp³-hybridized carbons (Fsp3) is 0.250. The van der Waals surface area contributed by atoms with Crippen LogP contribution in [0.4, 0.5) is 5.00 Å². The average Bonchev–Trinajstić information content (AvgIpc) is 3.36. The number of hydrogen-bond acceptors (Lipinski definition) is 7. The third-order valence-electron chi connectivity index (χ3n) is 4.91. The lowest BCUT2D eigenvalue weighted by Crippen LogP contribution is -2.07. The molecule has 0 spiro atoms. The van der Waals surface area contributed by atoms with Crippen molar-refractivity contribution in [2.45, 2.75) is 20.3 Å². The van der Waals surface area contributed by atoms with E-state index in [0.29, 0.717) is 23.6 Å². The van der Waals surface area contributed by atoms with Crippen LogP contribution in [0.1, 0.15) is 38.8 Å². The van der Waals surface area contributed by atoms with Gasteiger partial charge >= 0.3 is 5.97 Å². The number of thiophene rings is 1. The molecule has 4 rings (SSSR count). The molecule has 0 fully saturated rings. The number of nitrogens with zero attached hydrogens (tertiary/aromatic N) is 1. The molecular formula is C24H23NO5S. The Morgan fingerprint density at radius 2 is 2.03 bits per heavy atom. The number of carbonyl (C=O) groups is 1. The third kappa shape index (κ3) is 4.56. The van der Waals surface area contributed by atoms with E-state index in [9.17, 15) is 4.79 Å². The number of benzene rings is 2. The lowest BCUT2D eigenvalue weighted by molar-refractivity contribution is 0.0527. The van der Waals surface area contributed by atoms with Crippen LogP contribution in [-0.4, -0.2) is 32.7 Å². The van der Waals surface area contributed by atoms with Gasteiger partial charge in [0.2, 0.25) is 6.79 Å². The highest BCUT2D eigenvalue weighted by Crippen LogP contribution is 2.39. The van der Waals surface area contributed by atoms with Gasteiger partial charge in [-0.15, -0.1) is 11.3 Å². The zero-order valence-electron chi connectivity index (χ0n) is 17.6. The van der Waals surface area contributed by atoms with Gasteiger partial charge in [-0.25, -0.2) is 9.79 Å². The highest BCUT2D eigenvalue weighted by molar-refractivity contribution is 7.16. The van der Waals surface area contributed by atoms with Crippen LogP contribution in [0.3, 0.4) is 0 Å². The van der Waals surface area contributed by atoms with E-state index in [4.69, 9.17) is 18.9 Å². The highest BCUT2D eigenvalue weighted by Gasteiger charge is 2.24. The van der Waals surface area contributed by atoms with Crippen molar-refractivity contribution >= 4 is 28.5 Å². The largest absolute Gasteiger partial charge is 0.497 e. The third-order valence-corrected chi connectivity index (χ3v) is 5.97. The first-order valence-corrected chi connectivity index (χ1v) is 10.8. The number of rotatable bonds is 7.